The Morgan fingerprint density at radius 1 is 1.13 bits per heavy atom. The van der Waals surface area contributed by atoms with E-state index in [1.54, 1.807) is 0 Å². The van der Waals surface area contributed by atoms with Crippen molar-refractivity contribution < 1.29 is 0 Å². The largest absolute Gasteiger partial charge is 0.284 e. The van der Waals surface area contributed by atoms with Gasteiger partial charge in [0.2, 0.25) is 0 Å². The molecule has 3 saturated heterocycles. The maximum atomic E-state index is 2.80. The van der Waals surface area contributed by atoms with Crippen LogP contribution in [0, 0.1) is 5.92 Å². The van der Waals surface area contributed by atoms with Crippen LogP contribution in [0.3, 0.4) is 0 Å². The first kappa shape index (κ1) is 10.1. The number of rotatable bonds is 2. The second kappa shape index (κ2) is 3.46. The van der Waals surface area contributed by atoms with Gasteiger partial charge < -0.3 is 0 Å². The number of nitrogens with zero attached hydrogens (tertiary/aromatic N) is 2. The van der Waals surface area contributed by atoms with E-state index in [1.807, 2.05) is 0 Å². The van der Waals surface area contributed by atoms with Gasteiger partial charge in [-0.2, -0.15) is 0 Å². The Morgan fingerprint density at radius 2 is 1.93 bits per heavy atom. The van der Waals surface area contributed by atoms with Gasteiger partial charge in [-0.05, 0) is 44.6 Å². The molecular weight excluding hydrogens is 184 g/mol. The molecule has 0 aliphatic carbocycles. The van der Waals surface area contributed by atoms with Gasteiger partial charge in [0, 0.05) is 19.1 Å². The summed E-state index contributed by atoms with van der Waals surface area (Å²) in [6.45, 7) is 8.84. The van der Waals surface area contributed by atoms with E-state index in [-0.39, 0.29) is 0 Å². The van der Waals surface area contributed by atoms with Gasteiger partial charge >= 0.3 is 0 Å². The van der Waals surface area contributed by atoms with Crippen molar-refractivity contribution in [2.24, 2.45) is 5.92 Å². The Morgan fingerprint density at radius 3 is 2.73 bits per heavy atom. The lowest BCUT2D eigenvalue weighted by atomic mass is 9.94. The van der Waals surface area contributed by atoms with Crippen LogP contribution in [-0.2, 0) is 0 Å². The van der Waals surface area contributed by atoms with E-state index in [2.05, 4.69) is 23.6 Å². The third-order valence-corrected chi connectivity index (χ3v) is 4.63. The molecule has 86 valence electrons. The monoisotopic (exact) mass is 208 g/mol. The van der Waals surface area contributed by atoms with Crippen LogP contribution in [0.25, 0.3) is 0 Å². The van der Waals surface area contributed by atoms with E-state index in [1.165, 1.54) is 51.7 Å². The second-order valence-electron chi connectivity index (χ2n) is 6.02. The fraction of sp³-hybridized carbons (Fsp3) is 1.00. The first-order chi connectivity index (χ1) is 7.25. The van der Waals surface area contributed by atoms with Crippen LogP contribution in [0.1, 0.15) is 46.0 Å². The molecule has 3 aliphatic rings. The molecule has 0 aromatic heterocycles. The number of hydrogen-bond acceptors (Lipinski definition) is 2. The Labute approximate surface area is 93.6 Å². The van der Waals surface area contributed by atoms with Crippen molar-refractivity contribution >= 4 is 0 Å². The molecule has 0 saturated carbocycles. The smallest absolute Gasteiger partial charge is 0.0901 e. The molecule has 3 heterocycles. The molecule has 0 aromatic rings. The van der Waals surface area contributed by atoms with Crippen molar-refractivity contribution in [2.75, 3.05) is 19.6 Å². The van der Waals surface area contributed by atoms with E-state index in [0.717, 1.165) is 12.0 Å². The maximum absolute atomic E-state index is 2.80. The lowest BCUT2D eigenvalue weighted by Gasteiger charge is -2.40. The fourth-order valence-corrected chi connectivity index (χ4v) is 4.03. The average Bonchev–Trinajstić information content (AvgIpc) is 2.83. The van der Waals surface area contributed by atoms with Gasteiger partial charge in [0.25, 0.3) is 0 Å². The summed E-state index contributed by atoms with van der Waals surface area (Å²) in [4.78, 5) is 5.60. The standard InChI is InChI=1S/C13H24N2/c1-11(2)10-12-13-6-3-4-7-14(13)8-5-9-15(12)13/h11-12H,3-10H2,1-2H3. The maximum Gasteiger partial charge on any atom is 0.0901 e. The van der Waals surface area contributed by atoms with Crippen molar-refractivity contribution in [2.45, 2.75) is 57.7 Å². The summed E-state index contributed by atoms with van der Waals surface area (Å²) in [7, 11) is 0. The lowest BCUT2D eigenvalue weighted by molar-refractivity contribution is 0.0524. The second-order valence-corrected chi connectivity index (χ2v) is 6.02. The van der Waals surface area contributed by atoms with Crippen LogP contribution in [0.5, 0.6) is 0 Å². The van der Waals surface area contributed by atoms with Gasteiger partial charge in [-0.15, -0.1) is 0 Å². The fourth-order valence-electron chi connectivity index (χ4n) is 4.03. The normalized spacial score (nSPS) is 45.0. The summed E-state index contributed by atoms with van der Waals surface area (Å²) in [6, 6.07) is 0.903. The molecule has 3 aliphatic heterocycles. The molecule has 3 unspecified atom stereocenters. The summed E-state index contributed by atoms with van der Waals surface area (Å²) in [6.07, 6.45) is 7.16. The Hall–Kier alpha value is -0.0800. The van der Waals surface area contributed by atoms with Crippen LogP contribution in [-0.4, -0.2) is 41.1 Å². The van der Waals surface area contributed by atoms with Gasteiger partial charge in [0.05, 0.1) is 5.66 Å². The summed E-state index contributed by atoms with van der Waals surface area (Å²) in [5.41, 5.74) is 0.556. The van der Waals surface area contributed by atoms with Crippen LogP contribution < -0.4 is 0 Å². The van der Waals surface area contributed by atoms with Crippen molar-refractivity contribution in [3.8, 4) is 0 Å². The van der Waals surface area contributed by atoms with Gasteiger partial charge in [-0.1, -0.05) is 13.8 Å². The molecule has 2 nitrogen and oxygen atoms in total. The Bertz CT molecular complexity index is 249. The van der Waals surface area contributed by atoms with E-state index in [0.29, 0.717) is 5.66 Å². The molecular formula is C13H24N2. The SMILES string of the molecule is CC(C)CC1N2CCCN3CCCCC132. The molecule has 0 aromatic carbocycles. The number of piperidine rings is 1. The zero-order valence-electron chi connectivity index (χ0n) is 10.2. The first-order valence-electron chi connectivity index (χ1n) is 6.77. The minimum atomic E-state index is 0.556. The Balaban J connectivity index is 1.77. The van der Waals surface area contributed by atoms with Crippen molar-refractivity contribution in [3.05, 3.63) is 0 Å². The van der Waals surface area contributed by atoms with Gasteiger partial charge in [0.1, 0.15) is 0 Å². The van der Waals surface area contributed by atoms with Crippen molar-refractivity contribution in [3.63, 3.8) is 0 Å². The van der Waals surface area contributed by atoms with E-state index in [4.69, 9.17) is 0 Å². The molecule has 2 heteroatoms. The summed E-state index contributed by atoms with van der Waals surface area (Å²) in [5, 5.41) is 0. The molecule has 0 radical (unpaired) electrons. The minimum absolute atomic E-state index is 0.556. The van der Waals surface area contributed by atoms with Gasteiger partial charge in [-0.3, -0.25) is 9.80 Å². The van der Waals surface area contributed by atoms with E-state index >= 15 is 0 Å². The highest BCUT2D eigenvalue weighted by Crippen LogP contribution is 2.54. The zero-order chi connectivity index (χ0) is 10.5. The molecule has 15 heavy (non-hydrogen) atoms. The number of hydrogen-bond donors (Lipinski definition) is 0. The lowest BCUT2D eigenvalue weighted by Crippen LogP contribution is -2.49. The Kier molecular flexibility index (Phi) is 2.33. The van der Waals surface area contributed by atoms with Gasteiger partial charge in [0.15, 0.2) is 0 Å². The van der Waals surface area contributed by atoms with Crippen LogP contribution in [0.15, 0.2) is 0 Å². The van der Waals surface area contributed by atoms with E-state index in [9.17, 15) is 0 Å². The predicted molar refractivity (Wildman–Crippen MR) is 62.7 cm³/mol. The van der Waals surface area contributed by atoms with Crippen molar-refractivity contribution in [1.82, 2.24) is 9.80 Å². The van der Waals surface area contributed by atoms with Crippen molar-refractivity contribution in [1.29, 1.82) is 0 Å². The molecule has 3 fully saturated rings. The first-order valence-corrected chi connectivity index (χ1v) is 6.77. The van der Waals surface area contributed by atoms with Crippen LogP contribution in [0.4, 0.5) is 0 Å². The molecule has 0 N–H and O–H groups in total. The molecule has 3 atom stereocenters. The zero-order valence-corrected chi connectivity index (χ0v) is 10.2. The quantitative estimate of drug-likeness (QED) is 0.642. The highest BCUT2D eigenvalue weighted by molar-refractivity contribution is 5.18. The molecule has 0 amide bonds. The summed E-state index contributed by atoms with van der Waals surface area (Å²) < 4.78 is 0. The van der Waals surface area contributed by atoms with Gasteiger partial charge in [-0.25, -0.2) is 0 Å². The average molecular weight is 208 g/mol. The van der Waals surface area contributed by atoms with Crippen LogP contribution in [0.2, 0.25) is 0 Å². The summed E-state index contributed by atoms with van der Waals surface area (Å²) in [5.74, 6) is 0.860. The highest BCUT2D eigenvalue weighted by Gasteiger charge is 2.66. The predicted octanol–water partition coefficient (Wildman–Crippen LogP) is 2.30. The third-order valence-electron chi connectivity index (χ3n) is 4.63. The van der Waals surface area contributed by atoms with Crippen LogP contribution >= 0.6 is 0 Å². The third kappa shape index (κ3) is 1.38. The highest BCUT2D eigenvalue weighted by atomic mass is 15.6. The molecule has 1 spiro atoms. The topological polar surface area (TPSA) is 6.25 Å². The molecule has 3 rings (SSSR count). The van der Waals surface area contributed by atoms with E-state index < -0.39 is 0 Å². The molecule has 0 bridgehead atoms. The minimum Gasteiger partial charge on any atom is -0.284 e. The summed E-state index contributed by atoms with van der Waals surface area (Å²) >= 11 is 0.